The van der Waals surface area contributed by atoms with Crippen LogP contribution in [0.15, 0.2) is 0 Å². The SMILES string of the molecule is CCOC(=O)CCC(O)C1CCCO1. The van der Waals surface area contributed by atoms with Gasteiger partial charge in [0.2, 0.25) is 0 Å². The third-order valence-corrected chi connectivity index (χ3v) is 2.34. The first-order chi connectivity index (χ1) is 6.74. The maximum Gasteiger partial charge on any atom is 0.305 e. The number of carbonyl (C=O) groups excluding carboxylic acids is 1. The molecule has 1 N–H and O–H groups in total. The summed E-state index contributed by atoms with van der Waals surface area (Å²) in [5.74, 6) is -0.246. The van der Waals surface area contributed by atoms with Gasteiger partial charge in [-0.3, -0.25) is 4.79 Å². The van der Waals surface area contributed by atoms with E-state index >= 15 is 0 Å². The number of aliphatic hydroxyl groups excluding tert-OH is 1. The molecule has 1 heterocycles. The maximum atomic E-state index is 11.0. The van der Waals surface area contributed by atoms with Gasteiger partial charge in [-0.2, -0.15) is 0 Å². The first-order valence-electron chi connectivity index (χ1n) is 5.19. The number of aliphatic hydroxyl groups is 1. The van der Waals surface area contributed by atoms with Gasteiger partial charge in [0.05, 0.1) is 18.8 Å². The van der Waals surface area contributed by atoms with Crippen molar-refractivity contribution in [1.29, 1.82) is 0 Å². The number of hydrogen-bond acceptors (Lipinski definition) is 4. The average Bonchev–Trinajstić information content (AvgIpc) is 2.67. The average molecular weight is 202 g/mol. The van der Waals surface area contributed by atoms with Gasteiger partial charge in [-0.15, -0.1) is 0 Å². The molecule has 0 aromatic heterocycles. The molecule has 0 bridgehead atoms. The zero-order chi connectivity index (χ0) is 10.4. The lowest BCUT2D eigenvalue weighted by Gasteiger charge is -2.16. The summed E-state index contributed by atoms with van der Waals surface area (Å²) in [5.41, 5.74) is 0. The van der Waals surface area contributed by atoms with Crippen LogP contribution in [0.25, 0.3) is 0 Å². The van der Waals surface area contributed by atoms with Gasteiger partial charge >= 0.3 is 5.97 Å². The number of ether oxygens (including phenoxy) is 2. The number of carbonyl (C=O) groups is 1. The van der Waals surface area contributed by atoms with E-state index in [-0.39, 0.29) is 18.5 Å². The summed E-state index contributed by atoms with van der Waals surface area (Å²) in [4.78, 5) is 11.0. The monoisotopic (exact) mass is 202 g/mol. The lowest BCUT2D eigenvalue weighted by Crippen LogP contribution is -2.26. The van der Waals surface area contributed by atoms with Crippen molar-refractivity contribution in [3.63, 3.8) is 0 Å². The Hall–Kier alpha value is -0.610. The highest BCUT2D eigenvalue weighted by Crippen LogP contribution is 2.18. The van der Waals surface area contributed by atoms with E-state index in [9.17, 15) is 9.90 Å². The first-order valence-corrected chi connectivity index (χ1v) is 5.19. The van der Waals surface area contributed by atoms with Gasteiger partial charge in [0.15, 0.2) is 0 Å². The van der Waals surface area contributed by atoms with Crippen molar-refractivity contribution >= 4 is 5.97 Å². The van der Waals surface area contributed by atoms with Gasteiger partial charge < -0.3 is 14.6 Å². The van der Waals surface area contributed by atoms with E-state index < -0.39 is 6.10 Å². The van der Waals surface area contributed by atoms with E-state index in [4.69, 9.17) is 9.47 Å². The summed E-state index contributed by atoms with van der Waals surface area (Å²) in [5, 5.41) is 9.63. The van der Waals surface area contributed by atoms with Crippen LogP contribution in [0, 0.1) is 0 Å². The molecule has 0 spiro atoms. The van der Waals surface area contributed by atoms with Gasteiger partial charge in [0.1, 0.15) is 0 Å². The van der Waals surface area contributed by atoms with E-state index in [0.29, 0.717) is 13.0 Å². The fourth-order valence-corrected chi connectivity index (χ4v) is 1.59. The van der Waals surface area contributed by atoms with Gasteiger partial charge in [-0.25, -0.2) is 0 Å². The minimum atomic E-state index is -0.526. The smallest absolute Gasteiger partial charge is 0.305 e. The Morgan fingerprint density at radius 1 is 1.71 bits per heavy atom. The Balaban J connectivity index is 2.13. The lowest BCUT2D eigenvalue weighted by atomic mass is 10.1. The van der Waals surface area contributed by atoms with Gasteiger partial charge in [0.25, 0.3) is 0 Å². The Morgan fingerprint density at radius 3 is 3.07 bits per heavy atom. The van der Waals surface area contributed by atoms with Crippen LogP contribution in [0.2, 0.25) is 0 Å². The zero-order valence-electron chi connectivity index (χ0n) is 8.57. The molecular weight excluding hydrogens is 184 g/mol. The molecule has 4 nitrogen and oxygen atoms in total. The van der Waals surface area contributed by atoms with E-state index in [1.54, 1.807) is 6.92 Å². The fraction of sp³-hybridized carbons (Fsp3) is 0.900. The van der Waals surface area contributed by atoms with Crippen molar-refractivity contribution in [2.24, 2.45) is 0 Å². The molecule has 14 heavy (non-hydrogen) atoms. The van der Waals surface area contributed by atoms with E-state index in [2.05, 4.69) is 0 Å². The van der Waals surface area contributed by atoms with Crippen LogP contribution in [-0.2, 0) is 14.3 Å². The molecule has 1 fully saturated rings. The Labute approximate surface area is 84.2 Å². The molecule has 1 aliphatic rings. The second-order valence-electron chi connectivity index (χ2n) is 3.46. The van der Waals surface area contributed by atoms with Gasteiger partial charge in [0, 0.05) is 13.0 Å². The van der Waals surface area contributed by atoms with Crippen molar-refractivity contribution in [2.45, 2.75) is 44.8 Å². The Bertz CT molecular complexity index is 175. The molecular formula is C10H18O4. The van der Waals surface area contributed by atoms with Crippen LogP contribution in [0.1, 0.15) is 32.6 Å². The summed E-state index contributed by atoms with van der Waals surface area (Å²) in [7, 11) is 0. The zero-order valence-corrected chi connectivity index (χ0v) is 8.57. The number of hydrogen-bond donors (Lipinski definition) is 1. The van der Waals surface area contributed by atoms with E-state index in [1.165, 1.54) is 0 Å². The third kappa shape index (κ3) is 3.64. The predicted molar refractivity (Wildman–Crippen MR) is 50.8 cm³/mol. The van der Waals surface area contributed by atoms with Crippen molar-refractivity contribution in [1.82, 2.24) is 0 Å². The van der Waals surface area contributed by atoms with Crippen LogP contribution in [-0.4, -0.2) is 36.5 Å². The summed E-state index contributed by atoms with van der Waals surface area (Å²) < 4.78 is 10.1. The standard InChI is InChI=1S/C10H18O4/c1-2-13-10(12)6-5-8(11)9-4-3-7-14-9/h8-9,11H,2-7H2,1H3. The lowest BCUT2D eigenvalue weighted by molar-refractivity contribution is -0.144. The predicted octanol–water partition coefficient (Wildman–Crippen LogP) is 0.870. The minimum absolute atomic E-state index is 0.0792. The highest BCUT2D eigenvalue weighted by Gasteiger charge is 2.24. The topological polar surface area (TPSA) is 55.8 Å². The molecule has 1 aliphatic heterocycles. The van der Waals surface area contributed by atoms with Crippen LogP contribution in [0.3, 0.4) is 0 Å². The summed E-state index contributed by atoms with van der Waals surface area (Å²) in [6.07, 6.45) is 2.00. The second-order valence-corrected chi connectivity index (χ2v) is 3.46. The van der Waals surface area contributed by atoms with Crippen molar-refractivity contribution < 1.29 is 19.4 Å². The third-order valence-electron chi connectivity index (χ3n) is 2.34. The normalized spacial score (nSPS) is 23.4. The molecule has 4 heteroatoms. The molecule has 0 radical (unpaired) electrons. The minimum Gasteiger partial charge on any atom is -0.466 e. The number of rotatable bonds is 5. The molecule has 1 saturated heterocycles. The quantitative estimate of drug-likeness (QED) is 0.672. The van der Waals surface area contributed by atoms with Gasteiger partial charge in [-0.05, 0) is 26.2 Å². The van der Waals surface area contributed by atoms with Crippen molar-refractivity contribution in [3.8, 4) is 0 Å². The molecule has 82 valence electrons. The highest BCUT2D eigenvalue weighted by molar-refractivity contribution is 5.69. The van der Waals surface area contributed by atoms with E-state index in [1.807, 2.05) is 0 Å². The van der Waals surface area contributed by atoms with Gasteiger partial charge in [-0.1, -0.05) is 0 Å². The van der Waals surface area contributed by atoms with Crippen molar-refractivity contribution in [3.05, 3.63) is 0 Å². The van der Waals surface area contributed by atoms with Crippen LogP contribution >= 0.6 is 0 Å². The summed E-state index contributed by atoms with van der Waals surface area (Å²) in [6.45, 7) is 2.89. The molecule has 0 amide bonds. The van der Waals surface area contributed by atoms with Crippen LogP contribution < -0.4 is 0 Å². The summed E-state index contributed by atoms with van der Waals surface area (Å²) in [6, 6.07) is 0. The Kier molecular flexibility index (Phi) is 4.90. The molecule has 2 unspecified atom stereocenters. The molecule has 1 rings (SSSR count). The van der Waals surface area contributed by atoms with E-state index in [0.717, 1.165) is 19.4 Å². The van der Waals surface area contributed by atoms with Crippen molar-refractivity contribution in [2.75, 3.05) is 13.2 Å². The second kappa shape index (κ2) is 5.98. The molecule has 0 aromatic carbocycles. The van der Waals surface area contributed by atoms with Crippen LogP contribution in [0.5, 0.6) is 0 Å². The first kappa shape index (κ1) is 11.5. The molecule has 0 aromatic rings. The molecule has 0 aliphatic carbocycles. The molecule has 2 atom stereocenters. The maximum absolute atomic E-state index is 11.0. The largest absolute Gasteiger partial charge is 0.466 e. The molecule has 0 saturated carbocycles. The fourth-order valence-electron chi connectivity index (χ4n) is 1.59. The van der Waals surface area contributed by atoms with Crippen LogP contribution in [0.4, 0.5) is 0 Å². The number of esters is 1. The highest BCUT2D eigenvalue weighted by atomic mass is 16.5. The Morgan fingerprint density at radius 2 is 2.50 bits per heavy atom. The summed E-state index contributed by atoms with van der Waals surface area (Å²) >= 11 is 0.